The van der Waals surface area contributed by atoms with Gasteiger partial charge in [-0.05, 0) is 76.9 Å². The van der Waals surface area contributed by atoms with E-state index in [0.29, 0.717) is 29.9 Å². The first-order valence-corrected chi connectivity index (χ1v) is 26.5. The van der Waals surface area contributed by atoms with Crippen molar-refractivity contribution in [3.8, 4) is 11.5 Å². The molecular formula is C46H62O5S2Si2. The molecule has 5 rings (SSSR count). The minimum absolute atomic E-state index is 0.0104. The van der Waals surface area contributed by atoms with Gasteiger partial charge >= 0.3 is 14.3 Å². The summed E-state index contributed by atoms with van der Waals surface area (Å²) in [5, 5.41) is 1.99. The summed E-state index contributed by atoms with van der Waals surface area (Å²) >= 11 is 3.90. The summed E-state index contributed by atoms with van der Waals surface area (Å²) in [6, 6.07) is 25.5. The van der Waals surface area contributed by atoms with Crippen LogP contribution in [0.3, 0.4) is 0 Å². The minimum atomic E-state index is -3.04. The van der Waals surface area contributed by atoms with Crippen molar-refractivity contribution in [3.05, 3.63) is 121 Å². The summed E-state index contributed by atoms with van der Waals surface area (Å²) in [7, 11) is -5.51. The van der Waals surface area contributed by atoms with E-state index in [2.05, 4.69) is 152 Å². The van der Waals surface area contributed by atoms with E-state index in [1.807, 2.05) is 49.5 Å². The maximum atomic E-state index is 14.8. The van der Waals surface area contributed by atoms with E-state index in [-0.39, 0.29) is 38.4 Å². The highest BCUT2D eigenvalue weighted by atomic mass is 32.2. The second-order valence-corrected chi connectivity index (χ2v) is 29.4. The van der Waals surface area contributed by atoms with Crippen LogP contribution in [0.2, 0.25) is 23.2 Å². The summed E-state index contributed by atoms with van der Waals surface area (Å²) in [5.74, 6) is 2.96. The Balaban J connectivity index is 1.76. The highest BCUT2D eigenvalue weighted by molar-refractivity contribution is 8.19. The van der Waals surface area contributed by atoms with Crippen molar-refractivity contribution in [1.29, 1.82) is 0 Å². The number of ether oxygens (including phenoxy) is 2. The van der Waals surface area contributed by atoms with E-state index in [9.17, 15) is 4.79 Å². The van der Waals surface area contributed by atoms with Crippen LogP contribution >= 0.6 is 23.5 Å². The lowest BCUT2D eigenvalue weighted by atomic mass is 10.00. The maximum Gasteiger partial charge on any atom is 0.342 e. The number of carbonyl (C=O) groups is 1. The molecule has 0 bridgehead atoms. The monoisotopic (exact) mass is 814 g/mol. The van der Waals surface area contributed by atoms with Gasteiger partial charge in [0, 0.05) is 18.9 Å². The first-order chi connectivity index (χ1) is 25.9. The Bertz CT molecular complexity index is 1780. The molecule has 2 aliphatic heterocycles. The smallest absolute Gasteiger partial charge is 0.342 e. The Kier molecular flexibility index (Phi) is 13.9. The predicted molar refractivity (Wildman–Crippen MR) is 241 cm³/mol. The molecule has 0 unspecified atom stereocenters. The Labute approximate surface area is 342 Å². The fourth-order valence-corrected chi connectivity index (χ4v) is 15.6. The normalized spacial score (nSPS) is 19.6. The third-order valence-electron chi connectivity index (χ3n) is 11.0. The molecule has 296 valence electrons. The fourth-order valence-electron chi connectivity index (χ4n) is 7.01. The van der Waals surface area contributed by atoms with E-state index in [1.165, 1.54) is 10.4 Å². The molecule has 3 aromatic carbocycles. The highest BCUT2D eigenvalue weighted by Gasteiger charge is 2.52. The molecule has 55 heavy (non-hydrogen) atoms. The second-order valence-electron chi connectivity index (χ2n) is 17.3. The van der Waals surface area contributed by atoms with Gasteiger partial charge in [-0.1, -0.05) is 133 Å². The molecule has 3 atom stereocenters. The van der Waals surface area contributed by atoms with E-state index in [0.717, 1.165) is 23.5 Å². The van der Waals surface area contributed by atoms with E-state index >= 15 is 0 Å². The first-order valence-electron chi connectivity index (χ1n) is 19.7. The number of rotatable bonds is 15. The third-order valence-corrected chi connectivity index (χ3v) is 23.5. The van der Waals surface area contributed by atoms with Crippen LogP contribution in [0.1, 0.15) is 84.2 Å². The molecule has 0 spiro atoms. The zero-order valence-corrected chi connectivity index (χ0v) is 38.3. The quantitative estimate of drug-likeness (QED) is 0.0498. The van der Waals surface area contributed by atoms with Crippen molar-refractivity contribution in [2.75, 3.05) is 11.5 Å². The molecule has 0 N–H and O–H groups in total. The zero-order chi connectivity index (χ0) is 40.1. The van der Waals surface area contributed by atoms with Crippen LogP contribution in [0.4, 0.5) is 0 Å². The lowest BCUT2D eigenvalue weighted by molar-refractivity contribution is 0.0306. The number of carbonyl (C=O) groups excluding carboxylic acids is 1. The summed E-state index contributed by atoms with van der Waals surface area (Å²) in [6.07, 6.45) is 12.4. The molecule has 2 heterocycles. The SMILES string of the molecule is C=C[C@H]1O[C@@H]1C[C@@H](C)OC(=O)c1c(CC2(/C=C/C=C/C)SCCCS2)cc(O[Si](c2ccccc2)(c2ccccc2)C(C)(C)C)cc1O[Si](C)(C)C(C)(C)C. The van der Waals surface area contributed by atoms with Gasteiger partial charge < -0.3 is 18.3 Å². The van der Waals surface area contributed by atoms with Crippen molar-refractivity contribution in [3.63, 3.8) is 0 Å². The number of thioether (sulfide) groups is 2. The van der Waals surface area contributed by atoms with Gasteiger partial charge in [-0.25, -0.2) is 4.79 Å². The van der Waals surface area contributed by atoms with Gasteiger partial charge in [-0.15, -0.1) is 30.1 Å². The average molecular weight is 815 g/mol. The standard InChI is InChI=1S/C46H62O5S2Si2/c1-12-14-21-27-46(52-28-22-29-53-46)33-35-31-36(50-55(45(7,8)9,37-23-17-15-18-24-37)38-25-19-16-20-26-38)32-41(51-54(10,11)44(4,5)6)42(35)43(47)48-34(3)30-40-39(13-2)49-40/h12-21,23-27,31-32,34,39-40H,2,22,28-30,33H2,1,3-11H3/b14-12+,27-21+/t34-,39-,40-/m1/s1. The Morgan fingerprint density at radius 2 is 1.53 bits per heavy atom. The predicted octanol–water partition coefficient (Wildman–Crippen LogP) is 11.1. The molecule has 9 heteroatoms. The molecule has 0 aromatic heterocycles. The Morgan fingerprint density at radius 1 is 0.927 bits per heavy atom. The van der Waals surface area contributed by atoms with Gasteiger partial charge in [-0.2, -0.15) is 0 Å². The number of epoxide rings is 1. The number of hydrogen-bond donors (Lipinski definition) is 0. The van der Waals surface area contributed by atoms with E-state index < -0.39 is 16.6 Å². The summed E-state index contributed by atoms with van der Waals surface area (Å²) in [4.78, 5) is 14.8. The molecule has 2 aliphatic rings. The molecule has 2 saturated heterocycles. The Hall–Kier alpha value is -2.96. The van der Waals surface area contributed by atoms with Crippen molar-refractivity contribution in [1.82, 2.24) is 0 Å². The molecule has 5 nitrogen and oxygen atoms in total. The van der Waals surface area contributed by atoms with Crippen molar-refractivity contribution in [2.24, 2.45) is 0 Å². The largest absolute Gasteiger partial charge is 0.543 e. The second kappa shape index (κ2) is 17.7. The molecule has 3 aromatic rings. The molecular weight excluding hydrogens is 753 g/mol. The van der Waals surface area contributed by atoms with E-state index in [1.54, 1.807) is 0 Å². The number of benzene rings is 3. The Morgan fingerprint density at radius 3 is 2.04 bits per heavy atom. The van der Waals surface area contributed by atoms with Crippen LogP contribution in [0, 0.1) is 0 Å². The summed E-state index contributed by atoms with van der Waals surface area (Å²) in [6.45, 7) is 25.9. The molecule has 0 aliphatic carbocycles. The number of allylic oxidation sites excluding steroid dienone is 3. The van der Waals surface area contributed by atoms with Crippen LogP contribution in [0.25, 0.3) is 0 Å². The lowest BCUT2D eigenvalue weighted by Crippen LogP contribution is -2.68. The zero-order valence-electron chi connectivity index (χ0n) is 34.6. The van der Waals surface area contributed by atoms with Crippen LogP contribution in [-0.4, -0.2) is 56.5 Å². The molecule has 2 fully saturated rings. The first kappa shape index (κ1) is 43.2. The minimum Gasteiger partial charge on any atom is -0.543 e. The van der Waals surface area contributed by atoms with Crippen molar-refractivity contribution in [2.45, 2.75) is 120 Å². The van der Waals surface area contributed by atoms with Crippen molar-refractivity contribution >= 4 is 56.5 Å². The fraction of sp³-hybridized carbons (Fsp3) is 0.457. The molecule has 0 radical (unpaired) electrons. The van der Waals surface area contributed by atoms with Gasteiger partial charge in [0.15, 0.2) is 0 Å². The van der Waals surface area contributed by atoms with Crippen LogP contribution in [0.5, 0.6) is 11.5 Å². The van der Waals surface area contributed by atoms with Crippen LogP contribution < -0.4 is 19.2 Å². The maximum absolute atomic E-state index is 14.8. The van der Waals surface area contributed by atoms with Gasteiger partial charge in [-0.3, -0.25) is 0 Å². The van der Waals surface area contributed by atoms with Gasteiger partial charge in [0.25, 0.3) is 8.32 Å². The van der Waals surface area contributed by atoms with E-state index in [4.69, 9.17) is 18.3 Å². The number of hydrogen-bond acceptors (Lipinski definition) is 7. The van der Waals surface area contributed by atoms with Crippen molar-refractivity contribution < 1.29 is 23.1 Å². The summed E-state index contributed by atoms with van der Waals surface area (Å²) in [5.41, 5.74) is 1.37. The van der Waals surface area contributed by atoms with Gasteiger partial charge in [0.1, 0.15) is 29.3 Å². The lowest BCUT2D eigenvalue weighted by Gasteiger charge is -2.43. The van der Waals surface area contributed by atoms with Crippen LogP contribution in [0.15, 0.2) is 110 Å². The molecule has 0 amide bonds. The molecule has 0 saturated carbocycles. The third kappa shape index (κ3) is 10.1. The van der Waals surface area contributed by atoms with Crippen LogP contribution in [-0.2, 0) is 15.9 Å². The average Bonchev–Trinajstić information content (AvgIpc) is 3.88. The van der Waals surface area contributed by atoms with Gasteiger partial charge in [0.2, 0.25) is 0 Å². The summed E-state index contributed by atoms with van der Waals surface area (Å²) < 4.78 is 26.7. The number of esters is 1. The highest BCUT2D eigenvalue weighted by Crippen LogP contribution is 2.49. The van der Waals surface area contributed by atoms with Gasteiger partial charge in [0.05, 0.1) is 10.2 Å². The topological polar surface area (TPSA) is 57.3 Å².